The predicted molar refractivity (Wildman–Crippen MR) is 91.7 cm³/mol. The average molecular weight is 409 g/mol. The van der Waals surface area contributed by atoms with E-state index in [2.05, 4.69) is 5.10 Å². The Hall–Kier alpha value is -3.19. The second kappa shape index (κ2) is 7.09. The van der Waals surface area contributed by atoms with Gasteiger partial charge < -0.3 is 0 Å². The third-order valence-electron chi connectivity index (χ3n) is 3.87. The van der Waals surface area contributed by atoms with Gasteiger partial charge in [0.2, 0.25) is 0 Å². The number of alkyl halides is 2. The first-order chi connectivity index (χ1) is 13.1. The lowest BCUT2D eigenvalue weighted by Gasteiger charge is -2.10. The first-order valence-corrected chi connectivity index (χ1v) is 9.59. The molecule has 28 heavy (non-hydrogen) atoms. The van der Waals surface area contributed by atoms with Crippen molar-refractivity contribution in [3.05, 3.63) is 65.4 Å². The largest absolute Gasteiger partial charge is 0.282 e. The Balaban J connectivity index is 2.28. The summed E-state index contributed by atoms with van der Waals surface area (Å²) >= 11 is 0. The highest BCUT2D eigenvalue weighted by Crippen LogP contribution is 2.32. The van der Waals surface area contributed by atoms with Gasteiger partial charge in [-0.2, -0.15) is 10.4 Å². The van der Waals surface area contributed by atoms with Crippen LogP contribution in [0.15, 0.2) is 47.4 Å². The van der Waals surface area contributed by atoms with Gasteiger partial charge in [-0.3, -0.25) is 0 Å². The van der Waals surface area contributed by atoms with Crippen LogP contribution in [-0.4, -0.2) is 24.5 Å². The van der Waals surface area contributed by atoms with Gasteiger partial charge in [-0.25, -0.2) is 30.7 Å². The number of aromatic nitrogens is 2. The summed E-state index contributed by atoms with van der Waals surface area (Å²) in [5.74, 6) is -2.35. The molecule has 0 spiro atoms. The number of hydrogen-bond donors (Lipinski definition) is 0. The number of benzene rings is 2. The summed E-state index contributed by atoms with van der Waals surface area (Å²) < 4.78 is 79.2. The molecule has 2 aromatic carbocycles. The summed E-state index contributed by atoms with van der Waals surface area (Å²) in [7, 11) is -4.03. The summed E-state index contributed by atoms with van der Waals surface area (Å²) in [5.41, 5.74) is -0.984. The van der Waals surface area contributed by atoms with E-state index in [-0.39, 0.29) is 16.9 Å². The van der Waals surface area contributed by atoms with Gasteiger partial charge in [0.1, 0.15) is 22.2 Å². The molecular formula is C18H11F4N3O2S. The van der Waals surface area contributed by atoms with E-state index >= 15 is 0 Å². The molecule has 0 N–H and O–H groups in total. The Morgan fingerprint density at radius 2 is 1.82 bits per heavy atom. The van der Waals surface area contributed by atoms with E-state index in [1.165, 1.54) is 24.3 Å². The first kappa shape index (κ1) is 19.6. The molecule has 0 aliphatic heterocycles. The molecule has 0 saturated heterocycles. The maximum atomic E-state index is 14.6. The molecule has 10 heteroatoms. The maximum absolute atomic E-state index is 14.6. The normalized spacial score (nSPS) is 11.6. The van der Waals surface area contributed by atoms with Crippen molar-refractivity contribution in [3.8, 4) is 23.0 Å². The molecule has 0 bridgehead atoms. The van der Waals surface area contributed by atoms with Gasteiger partial charge in [0.25, 0.3) is 6.43 Å². The van der Waals surface area contributed by atoms with E-state index in [1.54, 1.807) is 0 Å². The lowest BCUT2D eigenvalue weighted by atomic mass is 10.1. The standard InChI is InChI=1S/C18H11F4N3O2S/c1-28(26,27)17-7-13(19)12(6-14(17)20)16-8-15(18(21)22)24-25(16)11-4-2-3-10(5-11)9-23/h2-8,18H,1H3. The van der Waals surface area contributed by atoms with Crippen molar-refractivity contribution in [1.29, 1.82) is 5.26 Å². The molecule has 5 nitrogen and oxygen atoms in total. The van der Waals surface area contributed by atoms with Gasteiger partial charge >= 0.3 is 0 Å². The van der Waals surface area contributed by atoms with Crippen LogP contribution in [0.1, 0.15) is 17.7 Å². The molecule has 3 aromatic rings. The number of halogens is 4. The Bertz CT molecular complexity index is 1210. The molecule has 144 valence electrons. The quantitative estimate of drug-likeness (QED) is 0.610. The molecule has 0 saturated carbocycles. The van der Waals surface area contributed by atoms with Crippen molar-refractivity contribution in [2.24, 2.45) is 0 Å². The second-order valence-corrected chi connectivity index (χ2v) is 7.85. The highest BCUT2D eigenvalue weighted by molar-refractivity contribution is 7.90. The fraction of sp³-hybridized carbons (Fsp3) is 0.111. The zero-order valence-corrected chi connectivity index (χ0v) is 15.0. The number of nitrogens with zero attached hydrogens (tertiary/aromatic N) is 3. The van der Waals surface area contributed by atoms with Gasteiger partial charge in [0, 0.05) is 11.8 Å². The maximum Gasteiger partial charge on any atom is 0.282 e. The number of sulfone groups is 1. The fourth-order valence-corrected chi connectivity index (χ4v) is 3.34. The molecule has 1 aromatic heterocycles. The smallest absolute Gasteiger partial charge is 0.232 e. The van der Waals surface area contributed by atoms with Crippen LogP contribution in [0.3, 0.4) is 0 Å². The molecule has 1 heterocycles. The van der Waals surface area contributed by atoms with E-state index in [1.807, 2.05) is 6.07 Å². The average Bonchev–Trinajstić information content (AvgIpc) is 3.08. The highest BCUT2D eigenvalue weighted by atomic mass is 32.2. The van der Waals surface area contributed by atoms with Crippen LogP contribution in [0, 0.1) is 23.0 Å². The van der Waals surface area contributed by atoms with Crippen molar-refractivity contribution < 1.29 is 26.0 Å². The minimum absolute atomic E-state index is 0.174. The van der Waals surface area contributed by atoms with Gasteiger partial charge in [0.05, 0.1) is 23.0 Å². The van der Waals surface area contributed by atoms with E-state index in [9.17, 15) is 26.0 Å². The first-order valence-electron chi connectivity index (χ1n) is 7.70. The molecule has 0 atom stereocenters. The van der Waals surface area contributed by atoms with Crippen LogP contribution in [0.5, 0.6) is 0 Å². The Labute approximate surface area is 157 Å². The third-order valence-corrected chi connectivity index (χ3v) is 4.98. The van der Waals surface area contributed by atoms with Gasteiger partial charge in [0.15, 0.2) is 9.84 Å². The Morgan fingerprint density at radius 3 is 2.43 bits per heavy atom. The Kier molecular flexibility index (Phi) is 4.95. The van der Waals surface area contributed by atoms with Crippen LogP contribution < -0.4 is 0 Å². The van der Waals surface area contributed by atoms with Gasteiger partial charge in [-0.15, -0.1) is 0 Å². The summed E-state index contributed by atoms with van der Waals surface area (Å²) in [6.45, 7) is 0. The number of nitriles is 1. The molecule has 0 amide bonds. The minimum atomic E-state index is -4.03. The molecule has 0 fully saturated rings. The van der Waals surface area contributed by atoms with Crippen LogP contribution >= 0.6 is 0 Å². The lowest BCUT2D eigenvalue weighted by molar-refractivity contribution is 0.145. The van der Waals surface area contributed by atoms with Crippen molar-refractivity contribution >= 4 is 9.84 Å². The summed E-state index contributed by atoms with van der Waals surface area (Å²) in [5, 5.41) is 12.7. The number of rotatable bonds is 4. The van der Waals surface area contributed by atoms with Crippen LogP contribution in [0.4, 0.5) is 17.6 Å². The molecular weight excluding hydrogens is 398 g/mol. The SMILES string of the molecule is CS(=O)(=O)c1cc(F)c(-c2cc(C(F)F)nn2-c2cccc(C#N)c2)cc1F. The molecule has 0 radical (unpaired) electrons. The van der Waals surface area contributed by atoms with Crippen LogP contribution in [0.2, 0.25) is 0 Å². The van der Waals surface area contributed by atoms with Crippen molar-refractivity contribution in [3.63, 3.8) is 0 Å². The van der Waals surface area contributed by atoms with Crippen LogP contribution in [0.25, 0.3) is 16.9 Å². The number of hydrogen-bond acceptors (Lipinski definition) is 4. The van der Waals surface area contributed by atoms with E-state index < -0.39 is 44.1 Å². The summed E-state index contributed by atoms with van der Waals surface area (Å²) in [6, 6.07) is 9.60. The van der Waals surface area contributed by atoms with Gasteiger partial charge in [-0.05, 0) is 36.4 Å². The van der Waals surface area contributed by atoms with Crippen LogP contribution in [-0.2, 0) is 9.84 Å². The van der Waals surface area contributed by atoms with Crippen molar-refractivity contribution in [2.75, 3.05) is 6.26 Å². The highest BCUT2D eigenvalue weighted by Gasteiger charge is 2.23. The topological polar surface area (TPSA) is 75.8 Å². The summed E-state index contributed by atoms with van der Waals surface area (Å²) in [6.07, 6.45) is -2.26. The zero-order valence-electron chi connectivity index (χ0n) is 14.2. The van der Waals surface area contributed by atoms with E-state index in [0.717, 1.165) is 17.0 Å². The summed E-state index contributed by atoms with van der Waals surface area (Å²) in [4.78, 5) is -0.847. The molecule has 0 aliphatic carbocycles. The molecule has 3 rings (SSSR count). The minimum Gasteiger partial charge on any atom is -0.232 e. The fourth-order valence-electron chi connectivity index (χ4n) is 2.61. The Morgan fingerprint density at radius 1 is 1.11 bits per heavy atom. The van der Waals surface area contributed by atoms with Crippen molar-refractivity contribution in [1.82, 2.24) is 9.78 Å². The van der Waals surface area contributed by atoms with E-state index in [4.69, 9.17) is 5.26 Å². The molecule has 0 unspecified atom stereocenters. The van der Waals surface area contributed by atoms with Gasteiger partial charge in [-0.1, -0.05) is 6.07 Å². The lowest BCUT2D eigenvalue weighted by Crippen LogP contribution is -2.05. The second-order valence-electron chi connectivity index (χ2n) is 5.86. The predicted octanol–water partition coefficient (Wildman–Crippen LogP) is 4.03. The zero-order chi connectivity index (χ0) is 20.6. The molecule has 0 aliphatic rings. The third kappa shape index (κ3) is 3.61. The van der Waals surface area contributed by atoms with E-state index in [0.29, 0.717) is 12.1 Å². The monoisotopic (exact) mass is 409 g/mol. The van der Waals surface area contributed by atoms with Crippen molar-refractivity contribution in [2.45, 2.75) is 11.3 Å².